The van der Waals surface area contributed by atoms with Crippen molar-refractivity contribution in [1.29, 1.82) is 0 Å². The number of azo groups is 2. The molecule has 168 valence electrons. The van der Waals surface area contributed by atoms with Crippen molar-refractivity contribution in [3.8, 4) is 0 Å². The van der Waals surface area contributed by atoms with Crippen LogP contribution < -0.4 is 0 Å². The second kappa shape index (κ2) is 14.2. The van der Waals surface area contributed by atoms with Crippen LogP contribution in [0.1, 0.15) is 11.1 Å². The molecule has 12 nitrogen and oxygen atoms in total. The Kier molecular flexibility index (Phi) is 11.6. The van der Waals surface area contributed by atoms with Crippen molar-refractivity contribution in [2.45, 2.75) is 13.2 Å². The van der Waals surface area contributed by atoms with E-state index in [2.05, 4.69) is 29.9 Å². The van der Waals surface area contributed by atoms with Crippen molar-refractivity contribution in [2.75, 3.05) is 0 Å². The Morgan fingerprint density at radius 3 is 1.22 bits per heavy atom. The molecule has 0 fully saturated rings. The lowest BCUT2D eigenvalue weighted by atomic mass is 10.2. The normalized spacial score (nSPS) is 10.3. The maximum Gasteiger partial charge on any atom is 0.452 e. The molecule has 0 heterocycles. The van der Waals surface area contributed by atoms with E-state index in [4.69, 9.17) is 33.4 Å². The van der Waals surface area contributed by atoms with Crippen LogP contribution in [-0.4, -0.2) is 34.6 Å². The Bertz CT molecular complexity index is 914. The van der Waals surface area contributed by atoms with Crippen molar-refractivity contribution >= 4 is 47.6 Å². The van der Waals surface area contributed by atoms with Gasteiger partial charge < -0.3 is 19.7 Å². The fraction of sp³-hybridized carbons (Fsp3) is 0.111. The van der Waals surface area contributed by atoms with E-state index in [9.17, 15) is 19.2 Å². The summed E-state index contributed by atoms with van der Waals surface area (Å²) >= 11 is 11.3. The van der Waals surface area contributed by atoms with Gasteiger partial charge in [0, 0.05) is 10.0 Å². The predicted octanol–water partition coefficient (Wildman–Crippen LogP) is 6.21. The minimum absolute atomic E-state index is 0.0192. The smallest absolute Gasteiger partial charge is 0.452 e. The van der Waals surface area contributed by atoms with Crippen LogP contribution in [0, 0.1) is 0 Å². The van der Waals surface area contributed by atoms with E-state index in [0.717, 1.165) is 0 Å². The highest BCUT2D eigenvalue weighted by atomic mass is 35.5. The largest absolute Gasteiger partial charge is 0.462 e. The van der Waals surface area contributed by atoms with E-state index in [-0.39, 0.29) is 13.2 Å². The van der Waals surface area contributed by atoms with Gasteiger partial charge in [-0.3, -0.25) is 0 Å². The van der Waals surface area contributed by atoms with Crippen LogP contribution in [0.15, 0.2) is 69.0 Å². The second-order valence-corrected chi connectivity index (χ2v) is 6.20. The molecule has 0 saturated heterocycles. The van der Waals surface area contributed by atoms with E-state index in [1.165, 1.54) is 0 Å². The van der Waals surface area contributed by atoms with Gasteiger partial charge >= 0.3 is 24.4 Å². The number of carbonyl (C=O) groups is 4. The molecule has 0 spiro atoms. The van der Waals surface area contributed by atoms with E-state index in [0.29, 0.717) is 21.2 Å². The predicted molar refractivity (Wildman–Crippen MR) is 109 cm³/mol. The van der Waals surface area contributed by atoms with Crippen molar-refractivity contribution in [3.05, 3.63) is 69.7 Å². The van der Waals surface area contributed by atoms with E-state index >= 15 is 0 Å². The fourth-order valence-corrected chi connectivity index (χ4v) is 1.93. The van der Waals surface area contributed by atoms with Gasteiger partial charge in [0.2, 0.25) is 0 Å². The summed E-state index contributed by atoms with van der Waals surface area (Å²) in [4.78, 5) is 41.5. The highest BCUT2D eigenvalue weighted by molar-refractivity contribution is 6.30. The van der Waals surface area contributed by atoms with E-state index in [1.54, 1.807) is 48.5 Å². The van der Waals surface area contributed by atoms with Crippen LogP contribution in [0.5, 0.6) is 0 Å². The van der Waals surface area contributed by atoms with Crippen LogP contribution >= 0.6 is 23.2 Å². The first-order valence-electron chi connectivity index (χ1n) is 8.27. The Labute approximate surface area is 190 Å². The van der Waals surface area contributed by atoms with Gasteiger partial charge in [-0.25, -0.2) is 19.2 Å². The molecule has 2 aromatic carbocycles. The molecule has 14 heteroatoms. The van der Waals surface area contributed by atoms with Gasteiger partial charge in [-0.2, -0.15) is 0 Å². The van der Waals surface area contributed by atoms with Crippen molar-refractivity contribution < 1.29 is 38.9 Å². The highest BCUT2D eigenvalue weighted by Crippen LogP contribution is 2.11. The third kappa shape index (κ3) is 12.6. The zero-order valence-electron chi connectivity index (χ0n) is 15.9. The van der Waals surface area contributed by atoms with Crippen molar-refractivity contribution in [3.63, 3.8) is 0 Å². The van der Waals surface area contributed by atoms with Gasteiger partial charge in [0.05, 0.1) is 0 Å². The number of amides is 4. The van der Waals surface area contributed by atoms with Crippen molar-refractivity contribution in [2.24, 2.45) is 20.5 Å². The van der Waals surface area contributed by atoms with Gasteiger partial charge in [-0.15, -0.1) is 0 Å². The molecule has 0 radical (unpaired) electrons. The van der Waals surface area contributed by atoms with Crippen LogP contribution in [0.3, 0.4) is 0 Å². The van der Waals surface area contributed by atoms with Gasteiger partial charge in [-0.1, -0.05) is 67.9 Å². The van der Waals surface area contributed by atoms with Crippen LogP contribution in [0.4, 0.5) is 19.2 Å². The number of halogens is 2. The summed E-state index contributed by atoms with van der Waals surface area (Å²) in [5, 5.41) is 28.1. The molecule has 0 aliphatic heterocycles. The maximum atomic E-state index is 10.8. The molecule has 2 rings (SSSR count). The average molecular weight is 485 g/mol. The number of ether oxygens (including phenoxy) is 2. The zero-order chi connectivity index (χ0) is 23.9. The highest BCUT2D eigenvalue weighted by Gasteiger charge is 2.03. The summed E-state index contributed by atoms with van der Waals surface area (Å²) in [6.07, 6.45) is -5.22. The molecular formula is C18H14Cl2N4O8. The lowest BCUT2D eigenvalue weighted by Gasteiger charge is -2.00. The zero-order valence-corrected chi connectivity index (χ0v) is 17.4. The number of carbonyl (C=O) groups excluding carboxylic acids is 2. The molecule has 0 saturated carbocycles. The summed E-state index contributed by atoms with van der Waals surface area (Å²) in [6, 6.07) is 13.3. The number of hydrogen-bond donors (Lipinski definition) is 2. The molecule has 0 aromatic heterocycles. The molecule has 32 heavy (non-hydrogen) atoms. The summed E-state index contributed by atoms with van der Waals surface area (Å²) in [5.41, 5.74) is 1.42. The molecule has 0 atom stereocenters. The van der Waals surface area contributed by atoms with Gasteiger partial charge in [0.25, 0.3) is 0 Å². The summed E-state index contributed by atoms with van der Waals surface area (Å²) < 4.78 is 9.23. The number of benzene rings is 2. The first-order chi connectivity index (χ1) is 15.2. The third-order valence-corrected chi connectivity index (χ3v) is 3.49. The Balaban J connectivity index is 0.000000320. The molecule has 0 unspecified atom stereocenters. The summed E-state index contributed by atoms with van der Waals surface area (Å²) in [5.74, 6) is 0. The second-order valence-electron chi connectivity index (χ2n) is 5.33. The Morgan fingerprint density at radius 2 is 0.938 bits per heavy atom. The average Bonchev–Trinajstić information content (AvgIpc) is 2.76. The van der Waals surface area contributed by atoms with Crippen LogP contribution in [0.2, 0.25) is 10.0 Å². The molecule has 0 bridgehead atoms. The fourth-order valence-electron chi connectivity index (χ4n) is 1.68. The molecule has 2 N–H and O–H groups in total. The number of hydrogen-bond acceptors (Lipinski definition) is 6. The first-order valence-corrected chi connectivity index (χ1v) is 9.03. The lowest BCUT2D eigenvalue weighted by Crippen LogP contribution is -1.99. The molecule has 0 aliphatic rings. The maximum absolute atomic E-state index is 10.8. The number of nitrogens with zero attached hydrogens (tertiary/aromatic N) is 4. The molecule has 2 aromatic rings. The molecular weight excluding hydrogens is 471 g/mol. The minimum Gasteiger partial charge on any atom is -0.462 e. The van der Waals surface area contributed by atoms with Crippen molar-refractivity contribution in [1.82, 2.24) is 0 Å². The third-order valence-electron chi connectivity index (χ3n) is 2.99. The van der Waals surface area contributed by atoms with Gasteiger partial charge in [-0.05, 0) is 35.4 Å². The Hall–Kier alpha value is -3.90. The summed E-state index contributed by atoms with van der Waals surface area (Å²) in [6.45, 7) is -0.0384. The topological polar surface area (TPSA) is 177 Å². The number of rotatable bonds is 4. The minimum atomic E-state index is -1.55. The van der Waals surface area contributed by atoms with Crippen LogP contribution in [0.25, 0.3) is 0 Å². The molecule has 4 amide bonds. The SMILES string of the molecule is O=C(O)N=NC(=O)OCc1ccc(Cl)cc1.O=C(O)N=NC(=O)OCc1ccc(Cl)cc1. The van der Waals surface area contributed by atoms with Crippen LogP contribution in [-0.2, 0) is 22.7 Å². The van der Waals surface area contributed by atoms with Gasteiger partial charge in [0.15, 0.2) is 0 Å². The van der Waals surface area contributed by atoms with Gasteiger partial charge in [0.1, 0.15) is 13.2 Å². The standard InChI is InChI=1S/2C9H7ClN2O4/c2*10-7-3-1-6(2-4-7)5-16-9(15)12-11-8(13)14/h2*1-4H,5H2,(H,13,14). The monoisotopic (exact) mass is 484 g/mol. The Morgan fingerprint density at radius 1 is 0.625 bits per heavy atom. The number of carboxylic acid groups (broad SMARTS) is 2. The van der Waals surface area contributed by atoms with E-state index in [1.807, 2.05) is 0 Å². The summed E-state index contributed by atoms with van der Waals surface area (Å²) in [7, 11) is 0. The lowest BCUT2D eigenvalue weighted by molar-refractivity contribution is 0.147. The quantitative estimate of drug-likeness (QED) is 0.480. The molecule has 0 aliphatic carbocycles. The first kappa shape index (κ1) is 26.1. The van der Waals surface area contributed by atoms with E-state index < -0.39 is 24.4 Å².